The number of piperidine rings is 1. The molecule has 19 heavy (non-hydrogen) atoms. The van der Waals surface area contributed by atoms with Gasteiger partial charge >= 0.3 is 0 Å². The van der Waals surface area contributed by atoms with Crippen molar-refractivity contribution in [2.45, 2.75) is 52.1 Å². The van der Waals surface area contributed by atoms with E-state index >= 15 is 0 Å². The normalized spacial score (nSPS) is 16.9. The summed E-state index contributed by atoms with van der Waals surface area (Å²) < 4.78 is 2.36. The fourth-order valence-electron chi connectivity index (χ4n) is 2.90. The Kier molecular flexibility index (Phi) is 6.45. The van der Waals surface area contributed by atoms with Gasteiger partial charge in [-0.3, -0.25) is 0 Å². The van der Waals surface area contributed by atoms with E-state index in [0.29, 0.717) is 0 Å². The van der Waals surface area contributed by atoms with Gasteiger partial charge in [0.15, 0.2) is 0 Å². The van der Waals surface area contributed by atoms with E-state index in [9.17, 15) is 0 Å². The highest BCUT2D eigenvalue weighted by atomic mass is 15.1. The number of aryl methyl sites for hydroxylation is 1. The van der Waals surface area contributed by atoms with Crippen LogP contribution in [0.25, 0.3) is 0 Å². The first kappa shape index (κ1) is 14.6. The van der Waals surface area contributed by atoms with Crippen LogP contribution in [-0.4, -0.2) is 35.6 Å². The lowest BCUT2D eigenvalue weighted by molar-refractivity contribution is 0.225. The van der Waals surface area contributed by atoms with Crippen molar-refractivity contribution in [2.24, 2.45) is 0 Å². The molecule has 1 aliphatic heterocycles. The maximum atomic E-state index is 3.58. The largest absolute Gasteiger partial charge is 0.350 e. The zero-order valence-electron chi connectivity index (χ0n) is 12.4. The van der Waals surface area contributed by atoms with Crippen LogP contribution in [-0.2, 0) is 13.1 Å². The average molecular weight is 263 g/mol. The molecule has 0 bridgehead atoms. The molecule has 108 valence electrons. The number of aromatic nitrogens is 1. The van der Waals surface area contributed by atoms with Gasteiger partial charge in [-0.25, -0.2) is 0 Å². The average Bonchev–Trinajstić information content (AvgIpc) is 2.88. The topological polar surface area (TPSA) is 20.2 Å². The molecule has 0 atom stereocenters. The van der Waals surface area contributed by atoms with Crippen molar-refractivity contribution in [1.29, 1.82) is 0 Å². The molecule has 1 N–H and O–H groups in total. The van der Waals surface area contributed by atoms with Crippen LogP contribution in [0.2, 0.25) is 0 Å². The fraction of sp³-hybridized carbons (Fsp3) is 0.750. The summed E-state index contributed by atoms with van der Waals surface area (Å²) >= 11 is 0. The highest BCUT2D eigenvalue weighted by Gasteiger charge is 2.08. The zero-order chi connectivity index (χ0) is 13.3. The van der Waals surface area contributed by atoms with Gasteiger partial charge in [0.25, 0.3) is 0 Å². The van der Waals surface area contributed by atoms with Crippen LogP contribution in [0, 0.1) is 0 Å². The van der Waals surface area contributed by atoms with E-state index < -0.39 is 0 Å². The number of hydrogen-bond donors (Lipinski definition) is 1. The monoisotopic (exact) mass is 263 g/mol. The standard InChI is InChI=1S/C16H29N3/c1-2-10-19-14-6-8-16(19)15-17-9-7-13-18-11-4-3-5-12-18/h6,8,14,17H,2-5,7,9-13,15H2,1H3. The fourth-order valence-corrected chi connectivity index (χ4v) is 2.90. The van der Waals surface area contributed by atoms with Crippen molar-refractivity contribution in [3.05, 3.63) is 24.0 Å². The second kappa shape index (κ2) is 8.39. The molecule has 0 saturated carbocycles. The lowest BCUT2D eigenvalue weighted by Gasteiger charge is -2.26. The van der Waals surface area contributed by atoms with Crippen LogP contribution in [0.3, 0.4) is 0 Å². The first-order valence-electron chi connectivity index (χ1n) is 7.97. The molecule has 0 radical (unpaired) electrons. The Hall–Kier alpha value is -0.800. The van der Waals surface area contributed by atoms with E-state index in [-0.39, 0.29) is 0 Å². The molecule has 0 unspecified atom stereocenters. The highest BCUT2D eigenvalue weighted by molar-refractivity contribution is 5.06. The van der Waals surface area contributed by atoms with Gasteiger partial charge < -0.3 is 14.8 Å². The Morgan fingerprint density at radius 2 is 2.00 bits per heavy atom. The van der Waals surface area contributed by atoms with Crippen LogP contribution in [0.1, 0.15) is 44.7 Å². The predicted molar refractivity (Wildman–Crippen MR) is 81.3 cm³/mol. The molecule has 0 aromatic carbocycles. The maximum absolute atomic E-state index is 3.58. The Morgan fingerprint density at radius 1 is 1.16 bits per heavy atom. The molecule has 0 aliphatic carbocycles. The SMILES string of the molecule is CCCn1cccc1CNCCCN1CCCCC1. The molecule has 2 heterocycles. The molecule has 1 saturated heterocycles. The van der Waals surface area contributed by atoms with Gasteiger partial charge in [0.2, 0.25) is 0 Å². The van der Waals surface area contributed by atoms with Crippen molar-refractivity contribution in [3.63, 3.8) is 0 Å². The molecule has 2 rings (SSSR count). The summed E-state index contributed by atoms with van der Waals surface area (Å²) in [5.74, 6) is 0. The second-order valence-corrected chi connectivity index (χ2v) is 5.63. The minimum Gasteiger partial charge on any atom is -0.350 e. The zero-order valence-corrected chi connectivity index (χ0v) is 12.4. The molecule has 1 fully saturated rings. The lowest BCUT2D eigenvalue weighted by atomic mass is 10.1. The Balaban J connectivity index is 1.57. The Bertz CT molecular complexity index is 340. The summed E-state index contributed by atoms with van der Waals surface area (Å²) in [4.78, 5) is 2.62. The van der Waals surface area contributed by atoms with Crippen LogP contribution < -0.4 is 5.32 Å². The van der Waals surface area contributed by atoms with Gasteiger partial charge in [-0.2, -0.15) is 0 Å². The number of rotatable bonds is 8. The van der Waals surface area contributed by atoms with Crippen molar-refractivity contribution in [1.82, 2.24) is 14.8 Å². The smallest absolute Gasteiger partial charge is 0.0359 e. The predicted octanol–water partition coefficient (Wildman–Crippen LogP) is 2.86. The van der Waals surface area contributed by atoms with Gasteiger partial charge in [-0.1, -0.05) is 13.3 Å². The third-order valence-electron chi connectivity index (χ3n) is 3.97. The highest BCUT2D eigenvalue weighted by Crippen LogP contribution is 2.08. The van der Waals surface area contributed by atoms with E-state index in [2.05, 4.69) is 40.0 Å². The van der Waals surface area contributed by atoms with Crippen molar-refractivity contribution in [3.8, 4) is 0 Å². The van der Waals surface area contributed by atoms with Gasteiger partial charge in [0.1, 0.15) is 0 Å². The first-order chi connectivity index (χ1) is 9.40. The second-order valence-electron chi connectivity index (χ2n) is 5.63. The van der Waals surface area contributed by atoms with Crippen molar-refractivity contribution < 1.29 is 0 Å². The van der Waals surface area contributed by atoms with Gasteiger partial charge in [-0.15, -0.1) is 0 Å². The summed E-state index contributed by atoms with van der Waals surface area (Å²) in [6.07, 6.45) is 8.90. The molecule has 0 amide bonds. The molecule has 1 aliphatic rings. The number of hydrogen-bond acceptors (Lipinski definition) is 2. The van der Waals surface area contributed by atoms with Gasteiger partial charge in [0.05, 0.1) is 0 Å². The van der Waals surface area contributed by atoms with E-state index in [0.717, 1.165) is 19.6 Å². The molecule has 0 spiro atoms. The summed E-state index contributed by atoms with van der Waals surface area (Å²) in [5, 5.41) is 3.58. The van der Waals surface area contributed by atoms with Crippen molar-refractivity contribution >= 4 is 0 Å². The van der Waals surface area contributed by atoms with Crippen molar-refractivity contribution in [2.75, 3.05) is 26.2 Å². The van der Waals surface area contributed by atoms with E-state index in [1.165, 1.54) is 57.4 Å². The Labute approximate surface area is 118 Å². The molecular weight excluding hydrogens is 234 g/mol. The maximum Gasteiger partial charge on any atom is 0.0359 e. The number of nitrogens with one attached hydrogen (secondary N) is 1. The summed E-state index contributed by atoms with van der Waals surface area (Å²) in [6.45, 7) is 9.41. The quantitative estimate of drug-likeness (QED) is 0.728. The van der Waals surface area contributed by atoms with E-state index in [1.807, 2.05) is 0 Å². The van der Waals surface area contributed by atoms with Crippen LogP contribution >= 0.6 is 0 Å². The molecular formula is C16H29N3. The minimum absolute atomic E-state index is 1.01. The van der Waals surface area contributed by atoms with Gasteiger partial charge in [0, 0.05) is 25.0 Å². The minimum atomic E-state index is 1.01. The summed E-state index contributed by atoms with van der Waals surface area (Å²) in [6, 6.07) is 4.38. The third kappa shape index (κ3) is 5.00. The number of likely N-dealkylation sites (tertiary alicyclic amines) is 1. The summed E-state index contributed by atoms with van der Waals surface area (Å²) in [7, 11) is 0. The molecule has 1 aromatic rings. The third-order valence-corrected chi connectivity index (χ3v) is 3.97. The molecule has 3 heteroatoms. The Morgan fingerprint density at radius 3 is 2.79 bits per heavy atom. The first-order valence-corrected chi connectivity index (χ1v) is 7.97. The molecule has 1 aromatic heterocycles. The van der Waals surface area contributed by atoms with E-state index in [4.69, 9.17) is 0 Å². The van der Waals surface area contributed by atoms with Gasteiger partial charge in [-0.05, 0) is 64.0 Å². The van der Waals surface area contributed by atoms with Crippen LogP contribution in [0.15, 0.2) is 18.3 Å². The lowest BCUT2D eigenvalue weighted by Crippen LogP contribution is -2.32. The van der Waals surface area contributed by atoms with E-state index in [1.54, 1.807) is 0 Å². The molecule has 3 nitrogen and oxygen atoms in total. The summed E-state index contributed by atoms with van der Waals surface area (Å²) in [5.41, 5.74) is 1.42. The number of nitrogens with zero attached hydrogens (tertiary/aromatic N) is 2. The van der Waals surface area contributed by atoms with Crippen LogP contribution in [0.5, 0.6) is 0 Å². The van der Waals surface area contributed by atoms with Crippen LogP contribution in [0.4, 0.5) is 0 Å².